The molecule has 0 saturated heterocycles. The van der Waals surface area contributed by atoms with Crippen LogP contribution >= 0.6 is 0 Å². The van der Waals surface area contributed by atoms with E-state index in [0.717, 1.165) is 55.9 Å². The number of alkyl halides is 3. The zero-order valence-electron chi connectivity index (χ0n) is 24.7. The molecule has 1 atom stereocenters. The molecule has 0 radical (unpaired) electrons. The number of hydrogen-bond acceptors (Lipinski definition) is 4. The number of nitrogens with zero attached hydrogens (tertiary/aromatic N) is 2. The summed E-state index contributed by atoms with van der Waals surface area (Å²) in [5.74, 6) is -1.01. The van der Waals surface area contributed by atoms with E-state index in [1.807, 2.05) is 30.3 Å². The first-order valence-electron chi connectivity index (χ1n) is 14.9. The number of sulfonamides is 1. The predicted octanol–water partition coefficient (Wildman–Crippen LogP) is 6.20. The van der Waals surface area contributed by atoms with Crippen LogP contribution in [0.5, 0.6) is 0 Å². The van der Waals surface area contributed by atoms with Gasteiger partial charge in [-0.05, 0) is 61.6 Å². The number of amides is 2. The van der Waals surface area contributed by atoms with Crippen molar-refractivity contribution in [2.45, 2.75) is 75.0 Å². The molecule has 3 aromatic carbocycles. The van der Waals surface area contributed by atoms with E-state index in [1.165, 1.54) is 35.2 Å². The molecule has 2 amide bonds. The number of hydrogen-bond donors (Lipinski definition) is 1. The number of nitrogens with one attached hydrogen (secondary N) is 1. The standard InChI is InChI=1S/C33H38F3N3O4S/c1-2-30(32(41)37-27-16-8-4-9-17-27)38(22-21-25-13-6-3-7-14-25)31(40)24-39(44(42,43)29-19-10-5-11-20-29)28-18-12-15-26(23-28)33(34,35)36/h3,5-7,10-15,18-20,23,27,30H,2,4,8-9,16-17,21-22,24H2,1H3,(H,37,41). The topological polar surface area (TPSA) is 86.8 Å². The van der Waals surface area contributed by atoms with Crippen molar-refractivity contribution in [1.82, 2.24) is 10.2 Å². The Kier molecular flexibility index (Phi) is 11.1. The van der Waals surface area contributed by atoms with Crippen LogP contribution in [-0.2, 0) is 32.2 Å². The first-order valence-corrected chi connectivity index (χ1v) is 16.3. The molecule has 44 heavy (non-hydrogen) atoms. The van der Waals surface area contributed by atoms with Crippen LogP contribution in [0.1, 0.15) is 56.6 Å². The summed E-state index contributed by atoms with van der Waals surface area (Å²) in [6.07, 6.45) is 0.741. The fraction of sp³-hybridized carbons (Fsp3) is 0.394. The van der Waals surface area contributed by atoms with Crippen LogP contribution in [0.3, 0.4) is 0 Å². The Bertz CT molecular complexity index is 1500. The molecular weight excluding hydrogens is 591 g/mol. The van der Waals surface area contributed by atoms with Crippen LogP contribution in [-0.4, -0.2) is 50.3 Å². The lowest BCUT2D eigenvalue weighted by molar-refractivity contribution is -0.140. The van der Waals surface area contributed by atoms with Gasteiger partial charge in [0.25, 0.3) is 10.0 Å². The second-order valence-electron chi connectivity index (χ2n) is 11.0. The first kappa shape index (κ1) is 33.0. The van der Waals surface area contributed by atoms with Crippen LogP contribution < -0.4 is 9.62 Å². The van der Waals surface area contributed by atoms with Gasteiger partial charge in [0.05, 0.1) is 16.1 Å². The van der Waals surface area contributed by atoms with Gasteiger partial charge in [-0.2, -0.15) is 13.2 Å². The number of halogens is 3. The van der Waals surface area contributed by atoms with Gasteiger partial charge < -0.3 is 10.2 Å². The molecule has 4 rings (SSSR count). The molecule has 0 spiro atoms. The van der Waals surface area contributed by atoms with Crippen molar-refractivity contribution < 1.29 is 31.2 Å². The summed E-state index contributed by atoms with van der Waals surface area (Å²) in [4.78, 5) is 28.9. The zero-order chi connectivity index (χ0) is 31.7. The van der Waals surface area contributed by atoms with E-state index < -0.39 is 40.3 Å². The minimum absolute atomic E-state index is 0.00330. The third-order valence-electron chi connectivity index (χ3n) is 7.89. The van der Waals surface area contributed by atoms with Crippen molar-refractivity contribution in [3.8, 4) is 0 Å². The quantitative estimate of drug-likeness (QED) is 0.259. The van der Waals surface area contributed by atoms with E-state index in [1.54, 1.807) is 13.0 Å². The summed E-state index contributed by atoms with van der Waals surface area (Å²) in [6, 6.07) is 19.6. The molecule has 236 valence electrons. The molecule has 7 nitrogen and oxygen atoms in total. The first-order chi connectivity index (χ1) is 21.0. The molecule has 1 saturated carbocycles. The summed E-state index contributed by atoms with van der Waals surface area (Å²) < 4.78 is 69.4. The molecule has 1 aliphatic carbocycles. The van der Waals surface area contributed by atoms with Gasteiger partial charge in [0, 0.05) is 12.6 Å². The second kappa shape index (κ2) is 14.7. The minimum atomic E-state index is -4.73. The van der Waals surface area contributed by atoms with Gasteiger partial charge in [-0.1, -0.05) is 80.8 Å². The summed E-state index contributed by atoms with van der Waals surface area (Å²) in [7, 11) is -4.47. The number of anilines is 1. The van der Waals surface area contributed by atoms with Gasteiger partial charge in [-0.25, -0.2) is 8.42 Å². The molecule has 11 heteroatoms. The van der Waals surface area contributed by atoms with Crippen molar-refractivity contribution in [2.75, 3.05) is 17.4 Å². The second-order valence-corrected chi connectivity index (χ2v) is 12.8. The number of carbonyl (C=O) groups is 2. The third kappa shape index (κ3) is 8.40. The lowest BCUT2D eigenvalue weighted by atomic mass is 9.95. The highest BCUT2D eigenvalue weighted by atomic mass is 32.2. The highest BCUT2D eigenvalue weighted by Gasteiger charge is 2.36. The average Bonchev–Trinajstić information content (AvgIpc) is 3.02. The fourth-order valence-electron chi connectivity index (χ4n) is 5.53. The summed E-state index contributed by atoms with van der Waals surface area (Å²) in [6.45, 7) is 1.10. The van der Waals surface area contributed by atoms with Crippen LogP contribution in [0.4, 0.5) is 18.9 Å². The molecule has 0 heterocycles. The van der Waals surface area contributed by atoms with E-state index >= 15 is 0 Å². The summed E-state index contributed by atoms with van der Waals surface area (Å²) >= 11 is 0. The van der Waals surface area contributed by atoms with Crippen LogP contribution in [0.25, 0.3) is 0 Å². The van der Waals surface area contributed by atoms with Crippen LogP contribution in [0.2, 0.25) is 0 Å². The largest absolute Gasteiger partial charge is 0.416 e. The molecule has 0 bridgehead atoms. The normalized spacial score (nSPS) is 14.9. The minimum Gasteiger partial charge on any atom is -0.352 e. The maximum Gasteiger partial charge on any atom is 0.416 e. The Morgan fingerprint density at radius 2 is 1.55 bits per heavy atom. The average molecular weight is 630 g/mol. The molecule has 0 aliphatic heterocycles. The van der Waals surface area contributed by atoms with E-state index in [2.05, 4.69) is 5.32 Å². The van der Waals surface area contributed by atoms with Gasteiger partial charge in [0.1, 0.15) is 12.6 Å². The molecular formula is C33H38F3N3O4S. The fourth-order valence-corrected chi connectivity index (χ4v) is 6.95. The monoisotopic (exact) mass is 629 g/mol. The van der Waals surface area contributed by atoms with Crippen molar-refractivity contribution in [3.05, 3.63) is 96.1 Å². The Morgan fingerprint density at radius 1 is 0.909 bits per heavy atom. The van der Waals surface area contributed by atoms with E-state index in [9.17, 15) is 31.2 Å². The van der Waals surface area contributed by atoms with Gasteiger partial charge in [0.2, 0.25) is 11.8 Å². The molecule has 1 fully saturated rings. The molecule has 3 aromatic rings. The Balaban J connectivity index is 1.70. The van der Waals surface area contributed by atoms with Crippen LogP contribution in [0, 0.1) is 0 Å². The Hall–Kier alpha value is -3.86. The lowest BCUT2D eigenvalue weighted by Crippen LogP contribution is -2.54. The molecule has 0 aromatic heterocycles. The van der Waals surface area contributed by atoms with Crippen molar-refractivity contribution >= 4 is 27.5 Å². The van der Waals surface area contributed by atoms with Crippen molar-refractivity contribution in [1.29, 1.82) is 0 Å². The lowest BCUT2D eigenvalue weighted by Gasteiger charge is -2.34. The van der Waals surface area contributed by atoms with E-state index in [0.29, 0.717) is 10.7 Å². The third-order valence-corrected chi connectivity index (χ3v) is 9.68. The van der Waals surface area contributed by atoms with Crippen molar-refractivity contribution in [2.24, 2.45) is 0 Å². The van der Waals surface area contributed by atoms with Gasteiger partial charge in [0.15, 0.2) is 0 Å². The van der Waals surface area contributed by atoms with Crippen molar-refractivity contribution in [3.63, 3.8) is 0 Å². The highest BCUT2D eigenvalue weighted by Crippen LogP contribution is 2.33. The van der Waals surface area contributed by atoms with E-state index in [-0.39, 0.29) is 35.5 Å². The smallest absolute Gasteiger partial charge is 0.352 e. The number of carbonyl (C=O) groups excluding carboxylic acids is 2. The Morgan fingerprint density at radius 3 is 2.16 bits per heavy atom. The van der Waals surface area contributed by atoms with Gasteiger partial charge in [-0.3, -0.25) is 13.9 Å². The SMILES string of the molecule is CCC(C(=O)NC1CCCCC1)N(CCc1ccccc1)C(=O)CN(c1cccc(C(F)(F)F)c1)S(=O)(=O)c1ccccc1. The number of rotatable bonds is 12. The maximum atomic E-state index is 14.1. The molecule has 1 aliphatic rings. The highest BCUT2D eigenvalue weighted by molar-refractivity contribution is 7.92. The molecule has 1 unspecified atom stereocenters. The van der Waals surface area contributed by atoms with Gasteiger partial charge >= 0.3 is 6.18 Å². The maximum absolute atomic E-state index is 14.1. The van der Waals surface area contributed by atoms with Crippen LogP contribution in [0.15, 0.2) is 89.8 Å². The zero-order valence-corrected chi connectivity index (χ0v) is 25.5. The Labute approximate surface area is 257 Å². The van der Waals surface area contributed by atoms with Gasteiger partial charge in [-0.15, -0.1) is 0 Å². The summed E-state index contributed by atoms with van der Waals surface area (Å²) in [5.41, 5.74) is -0.436. The predicted molar refractivity (Wildman–Crippen MR) is 163 cm³/mol. The molecule has 1 N–H and O–H groups in total. The number of benzene rings is 3. The summed E-state index contributed by atoms with van der Waals surface area (Å²) in [5, 5.41) is 3.08. The van der Waals surface area contributed by atoms with E-state index in [4.69, 9.17) is 0 Å².